The first-order valence-corrected chi connectivity index (χ1v) is 6.83. The fraction of sp³-hybridized carbons (Fsp3) is 0.0667. The molecule has 2 N–H and O–H groups in total. The Labute approximate surface area is 129 Å². The van der Waals surface area contributed by atoms with Crippen LogP contribution in [0.2, 0.25) is 0 Å². The molecule has 0 aliphatic carbocycles. The summed E-state index contributed by atoms with van der Waals surface area (Å²) in [4.78, 5) is 22.6. The summed E-state index contributed by atoms with van der Waals surface area (Å²) in [5.41, 5.74) is 5.47. The number of hydrogen-bond acceptors (Lipinski definition) is 4. The van der Waals surface area contributed by atoms with E-state index in [2.05, 4.69) is 15.9 Å². The largest absolute Gasteiger partial charge is 0.482 e. The molecular weight excluding hydrogens is 338 g/mol. The summed E-state index contributed by atoms with van der Waals surface area (Å²) in [6, 6.07) is 13.1. The van der Waals surface area contributed by atoms with Crippen molar-refractivity contribution in [1.29, 1.82) is 0 Å². The first-order valence-electron chi connectivity index (χ1n) is 6.03. The molecule has 21 heavy (non-hydrogen) atoms. The molecular formula is C15H12BrNO4. The number of primary amides is 1. The number of amides is 1. The Bertz CT molecular complexity index is 655. The predicted molar refractivity (Wildman–Crippen MR) is 80.2 cm³/mol. The zero-order chi connectivity index (χ0) is 15.2. The van der Waals surface area contributed by atoms with Crippen LogP contribution in [-0.4, -0.2) is 18.5 Å². The van der Waals surface area contributed by atoms with Crippen molar-refractivity contribution < 1.29 is 19.1 Å². The number of carbonyl (C=O) groups excluding carboxylic acids is 2. The molecule has 0 bridgehead atoms. The molecule has 6 heteroatoms. The van der Waals surface area contributed by atoms with E-state index in [9.17, 15) is 9.59 Å². The summed E-state index contributed by atoms with van der Waals surface area (Å²) in [7, 11) is 0. The lowest BCUT2D eigenvalue weighted by Gasteiger charge is -2.07. The summed E-state index contributed by atoms with van der Waals surface area (Å²) in [5.74, 6) is -0.194. The Morgan fingerprint density at radius 2 is 1.76 bits per heavy atom. The van der Waals surface area contributed by atoms with Gasteiger partial charge in [0.05, 0.1) is 0 Å². The van der Waals surface area contributed by atoms with E-state index < -0.39 is 11.9 Å². The Kier molecular flexibility index (Phi) is 4.94. The number of ether oxygens (including phenoxy) is 2. The van der Waals surface area contributed by atoms with E-state index in [1.54, 1.807) is 18.2 Å². The van der Waals surface area contributed by atoms with E-state index >= 15 is 0 Å². The molecule has 0 atom stereocenters. The monoisotopic (exact) mass is 349 g/mol. The molecule has 5 nitrogen and oxygen atoms in total. The molecule has 108 valence electrons. The quantitative estimate of drug-likeness (QED) is 0.664. The van der Waals surface area contributed by atoms with Crippen molar-refractivity contribution in [2.75, 3.05) is 6.61 Å². The van der Waals surface area contributed by atoms with Crippen LogP contribution in [0.1, 0.15) is 10.4 Å². The van der Waals surface area contributed by atoms with Gasteiger partial charge >= 0.3 is 5.97 Å². The zero-order valence-corrected chi connectivity index (χ0v) is 12.5. The van der Waals surface area contributed by atoms with Gasteiger partial charge in [-0.2, -0.15) is 0 Å². The number of halogens is 1. The van der Waals surface area contributed by atoms with Crippen LogP contribution in [-0.2, 0) is 4.79 Å². The molecule has 0 saturated carbocycles. The molecule has 0 spiro atoms. The number of hydrogen-bond donors (Lipinski definition) is 1. The van der Waals surface area contributed by atoms with Crippen molar-refractivity contribution in [2.24, 2.45) is 5.73 Å². The molecule has 0 fully saturated rings. The van der Waals surface area contributed by atoms with Gasteiger partial charge in [-0.15, -0.1) is 0 Å². The van der Waals surface area contributed by atoms with E-state index in [-0.39, 0.29) is 6.61 Å². The van der Waals surface area contributed by atoms with Crippen molar-refractivity contribution in [2.45, 2.75) is 0 Å². The molecule has 2 rings (SSSR count). The minimum Gasteiger partial charge on any atom is -0.482 e. The molecule has 0 radical (unpaired) electrons. The van der Waals surface area contributed by atoms with Gasteiger partial charge < -0.3 is 15.2 Å². The highest BCUT2D eigenvalue weighted by Crippen LogP contribution is 2.18. The number of nitrogens with two attached hydrogens (primary N) is 1. The smallest absolute Gasteiger partial charge is 0.349 e. The Morgan fingerprint density at radius 1 is 1.05 bits per heavy atom. The fourth-order valence-electron chi connectivity index (χ4n) is 1.55. The van der Waals surface area contributed by atoms with Crippen molar-refractivity contribution in [3.63, 3.8) is 0 Å². The SMILES string of the molecule is NC(=O)c1ccc(OC(=O)COc2cccc(Br)c2)cc1. The third-order valence-corrected chi connectivity index (χ3v) is 3.02. The fourth-order valence-corrected chi connectivity index (χ4v) is 1.93. The Morgan fingerprint density at radius 3 is 2.38 bits per heavy atom. The maximum absolute atomic E-state index is 11.6. The molecule has 0 aliphatic rings. The summed E-state index contributed by atoms with van der Waals surface area (Å²) in [5, 5.41) is 0. The van der Waals surface area contributed by atoms with Gasteiger partial charge in [0.2, 0.25) is 5.91 Å². The van der Waals surface area contributed by atoms with Crippen molar-refractivity contribution in [3.8, 4) is 11.5 Å². The van der Waals surface area contributed by atoms with Crippen LogP contribution in [0.25, 0.3) is 0 Å². The van der Waals surface area contributed by atoms with Crippen LogP contribution >= 0.6 is 15.9 Å². The lowest BCUT2D eigenvalue weighted by Crippen LogP contribution is -2.18. The summed E-state index contributed by atoms with van der Waals surface area (Å²) in [6.45, 7) is -0.214. The summed E-state index contributed by atoms with van der Waals surface area (Å²) in [6.07, 6.45) is 0. The molecule has 0 saturated heterocycles. The van der Waals surface area contributed by atoms with Gasteiger partial charge in [-0.05, 0) is 42.5 Å². The van der Waals surface area contributed by atoms with Crippen LogP contribution in [0.15, 0.2) is 53.0 Å². The third-order valence-electron chi connectivity index (χ3n) is 2.52. The van der Waals surface area contributed by atoms with E-state index in [1.165, 1.54) is 24.3 Å². The molecule has 2 aromatic rings. The minimum absolute atomic E-state index is 0.214. The normalized spacial score (nSPS) is 9.95. The number of esters is 1. The third kappa shape index (κ3) is 4.61. The maximum atomic E-state index is 11.6. The average molecular weight is 350 g/mol. The minimum atomic E-state index is -0.540. The number of rotatable bonds is 5. The van der Waals surface area contributed by atoms with Gasteiger partial charge in [0.25, 0.3) is 0 Å². The molecule has 1 amide bonds. The molecule has 0 heterocycles. The average Bonchev–Trinajstić information content (AvgIpc) is 2.46. The predicted octanol–water partition coefficient (Wildman–Crippen LogP) is 2.53. The Balaban J connectivity index is 1.88. The van der Waals surface area contributed by atoms with Crippen LogP contribution in [0.5, 0.6) is 11.5 Å². The van der Waals surface area contributed by atoms with E-state index in [0.29, 0.717) is 17.1 Å². The number of carbonyl (C=O) groups is 2. The van der Waals surface area contributed by atoms with Crippen LogP contribution in [0.3, 0.4) is 0 Å². The summed E-state index contributed by atoms with van der Waals surface area (Å²) >= 11 is 3.31. The van der Waals surface area contributed by atoms with Gasteiger partial charge in [0.15, 0.2) is 6.61 Å². The first kappa shape index (κ1) is 15.1. The van der Waals surface area contributed by atoms with Crippen LogP contribution < -0.4 is 15.2 Å². The molecule has 0 unspecified atom stereocenters. The van der Waals surface area contributed by atoms with Gasteiger partial charge in [-0.1, -0.05) is 22.0 Å². The second-order valence-corrected chi connectivity index (χ2v) is 5.02. The van der Waals surface area contributed by atoms with Gasteiger partial charge in [-0.25, -0.2) is 4.79 Å². The van der Waals surface area contributed by atoms with Crippen LogP contribution in [0, 0.1) is 0 Å². The zero-order valence-electron chi connectivity index (χ0n) is 10.9. The number of benzene rings is 2. The lowest BCUT2D eigenvalue weighted by atomic mass is 10.2. The topological polar surface area (TPSA) is 78.6 Å². The summed E-state index contributed by atoms with van der Waals surface area (Å²) < 4.78 is 11.2. The first-order chi connectivity index (χ1) is 10.0. The highest BCUT2D eigenvalue weighted by atomic mass is 79.9. The van der Waals surface area contributed by atoms with E-state index in [4.69, 9.17) is 15.2 Å². The standard InChI is InChI=1S/C15H12BrNO4/c16-11-2-1-3-13(8-11)20-9-14(18)21-12-6-4-10(5-7-12)15(17)19/h1-8H,9H2,(H2,17,19). The molecule has 2 aromatic carbocycles. The molecule has 0 aromatic heterocycles. The second-order valence-electron chi connectivity index (χ2n) is 4.11. The van der Waals surface area contributed by atoms with E-state index in [1.807, 2.05) is 6.07 Å². The van der Waals surface area contributed by atoms with Crippen molar-refractivity contribution in [1.82, 2.24) is 0 Å². The molecule has 0 aliphatic heterocycles. The highest BCUT2D eigenvalue weighted by Gasteiger charge is 2.07. The second kappa shape index (κ2) is 6.90. The van der Waals surface area contributed by atoms with Crippen LogP contribution in [0.4, 0.5) is 0 Å². The highest BCUT2D eigenvalue weighted by molar-refractivity contribution is 9.10. The van der Waals surface area contributed by atoms with Crippen molar-refractivity contribution >= 4 is 27.8 Å². The van der Waals surface area contributed by atoms with Gasteiger partial charge in [-0.3, -0.25) is 4.79 Å². The van der Waals surface area contributed by atoms with E-state index in [0.717, 1.165) is 4.47 Å². The Hall–Kier alpha value is -2.34. The van der Waals surface area contributed by atoms with Gasteiger partial charge in [0.1, 0.15) is 11.5 Å². The lowest BCUT2D eigenvalue weighted by molar-refractivity contribution is -0.136. The maximum Gasteiger partial charge on any atom is 0.349 e. The van der Waals surface area contributed by atoms with Crippen molar-refractivity contribution in [3.05, 3.63) is 58.6 Å². The van der Waals surface area contributed by atoms with Gasteiger partial charge in [0, 0.05) is 10.0 Å².